The molecule has 2 aliphatic rings. The molecule has 2 atom stereocenters. The van der Waals surface area contributed by atoms with E-state index < -0.39 is 17.4 Å². The largest absolute Gasteiger partial charge is 0.434 e. The molecule has 9 nitrogen and oxygen atoms in total. The van der Waals surface area contributed by atoms with Gasteiger partial charge >= 0.3 is 11.7 Å². The van der Waals surface area contributed by atoms with E-state index >= 15 is 0 Å². The average molecular weight is 472 g/mol. The number of pyridine rings is 1. The van der Waals surface area contributed by atoms with Crippen LogP contribution in [0.15, 0.2) is 32.9 Å². The van der Waals surface area contributed by atoms with Gasteiger partial charge in [-0.25, -0.2) is 0 Å². The van der Waals surface area contributed by atoms with E-state index in [1.165, 1.54) is 12.1 Å². The zero-order valence-corrected chi connectivity index (χ0v) is 18.0. The number of anilines is 2. The van der Waals surface area contributed by atoms with Crippen molar-refractivity contribution in [3.05, 3.63) is 34.4 Å². The van der Waals surface area contributed by atoms with Gasteiger partial charge in [-0.15, -0.1) is 4.73 Å². The first-order valence-corrected chi connectivity index (χ1v) is 10.8. The number of aromatic nitrogens is 3. The van der Waals surface area contributed by atoms with Crippen molar-refractivity contribution in [1.29, 1.82) is 0 Å². The number of alkyl halides is 3. The van der Waals surface area contributed by atoms with Gasteiger partial charge in [-0.05, 0) is 31.9 Å². The molecular weight excluding hydrogens is 449 g/mol. The highest BCUT2D eigenvalue weighted by atomic mass is 32.2. The molecule has 2 aromatic heterocycles. The second-order valence-electron chi connectivity index (χ2n) is 8.08. The summed E-state index contributed by atoms with van der Waals surface area (Å²) in [5.41, 5.74) is 9.97. The Kier molecular flexibility index (Phi) is 5.75. The van der Waals surface area contributed by atoms with E-state index in [2.05, 4.69) is 9.97 Å². The van der Waals surface area contributed by atoms with Crippen LogP contribution in [0, 0.1) is 5.41 Å². The molecule has 4 heterocycles. The minimum Gasteiger partial charge on any atom is -0.422 e. The van der Waals surface area contributed by atoms with Crippen LogP contribution in [0.5, 0.6) is 0 Å². The predicted molar refractivity (Wildman–Crippen MR) is 111 cm³/mol. The fourth-order valence-electron chi connectivity index (χ4n) is 4.22. The van der Waals surface area contributed by atoms with Crippen molar-refractivity contribution in [2.45, 2.75) is 47.9 Å². The first kappa shape index (κ1) is 22.7. The maximum atomic E-state index is 13.2. The Morgan fingerprint density at radius 2 is 2.03 bits per heavy atom. The van der Waals surface area contributed by atoms with Crippen molar-refractivity contribution in [1.82, 2.24) is 14.7 Å². The van der Waals surface area contributed by atoms with Crippen LogP contribution < -0.4 is 21.9 Å². The van der Waals surface area contributed by atoms with Gasteiger partial charge in [-0.2, -0.15) is 18.2 Å². The van der Waals surface area contributed by atoms with Crippen LogP contribution in [-0.2, 0) is 10.9 Å². The van der Waals surface area contributed by atoms with Crippen molar-refractivity contribution >= 4 is 23.5 Å². The van der Waals surface area contributed by atoms with Crippen LogP contribution in [-0.4, -0.2) is 51.7 Å². The van der Waals surface area contributed by atoms with Crippen molar-refractivity contribution < 1.29 is 23.1 Å². The summed E-state index contributed by atoms with van der Waals surface area (Å²) in [5, 5.41) is 10.5. The summed E-state index contributed by atoms with van der Waals surface area (Å²) in [4.78, 5) is 21.3. The lowest BCUT2D eigenvalue weighted by molar-refractivity contribution is -0.143. The molecule has 0 saturated carbocycles. The Labute approximate surface area is 185 Å². The fourth-order valence-corrected chi connectivity index (χ4v) is 5.18. The normalized spacial score (nSPS) is 23.1. The molecule has 0 amide bonds. The molecule has 0 radical (unpaired) electrons. The highest BCUT2D eigenvalue weighted by molar-refractivity contribution is 7.99. The van der Waals surface area contributed by atoms with E-state index in [1.807, 2.05) is 6.92 Å². The van der Waals surface area contributed by atoms with Crippen LogP contribution in [0.3, 0.4) is 0 Å². The van der Waals surface area contributed by atoms with Crippen molar-refractivity contribution in [3.63, 3.8) is 0 Å². The molecule has 0 bridgehead atoms. The zero-order valence-electron chi connectivity index (χ0n) is 17.2. The second-order valence-corrected chi connectivity index (χ2v) is 9.14. The monoisotopic (exact) mass is 472 g/mol. The summed E-state index contributed by atoms with van der Waals surface area (Å²) in [6.07, 6.45) is -2.40. The molecule has 13 heteroatoms. The predicted octanol–water partition coefficient (Wildman–Crippen LogP) is 1.96. The molecule has 2 aliphatic heterocycles. The fraction of sp³-hybridized carbons (Fsp3) is 0.526. The van der Waals surface area contributed by atoms with Crippen molar-refractivity contribution in [2.75, 3.05) is 30.3 Å². The van der Waals surface area contributed by atoms with Gasteiger partial charge in [0.05, 0.1) is 12.7 Å². The van der Waals surface area contributed by atoms with E-state index in [1.54, 1.807) is 4.90 Å². The topological polar surface area (TPSA) is 133 Å². The van der Waals surface area contributed by atoms with Gasteiger partial charge < -0.3 is 26.3 Å². The van der Waals surface area contributed by atoms with Gasteiger partial charge in [0.25, 0.3) is 0 Å². The summed E-state index contributed by atoms with van der Waals surface area (Å²) in [5.74, 6) is -0.332. The number of hydrogen-bond donors (Lipinski definition) is 3. The van der Waals surface area contributed by atoms with Crippen LogP contribution in [0.1, 0.15) is 25.5 Å². The number of nitrogens with two attached hydrogens (primary N) is 2. The summed E-state index contributed by atoms with van der Waals surface area (Å²) < 4.78 is 45.7. The van der Waals surface area contributed by atoms with Gasteiger partial charge in [0.2, 0.25) is 5.95 Å². The third-order valence-electron chi connectivity index (χ3n) is 6.17. The number of nitrogens with zero attached hydrogens (tertiary/aromatic N) is 4. The van der Waals surface area contributed by atoms with Crippen molar-refractivity contribution in [3.8, 4) is 0 Å². The lowest BCUT2D eigenvalue weighted by Gasteiger charge is -2.41. The number of ether oxygens (including phenoxy) is 1. The van der Waals surface area contributed by atoms with Gasteiger partial charge in [-0.3, -0.25) is 9.78 Å². The Hall–Kier alpha value is -2.51. The third-order valence-corrected chi connectivity index (χ3v) is 7.31. The number of halogens is 3. The molecule has 0 aromatic carbocycles. The Morgan fingerprint density at radius 3 is 2.62 bits per heavy atom. The van der Waals surface area contributed by atoms with E-state index in [0.29, 0.717) is 49.0 Å². The highest BCUT2D eigenvalue weighted by Gasteiger charge is 2.48. The molecule has 0 unspecified atom stereocenters. The Bertz CT molecular complexity index is 1070. The molecule has 2 aromatic rings. The quantitative estimate of drug-likeness (QED) is 0.574. The SMILES string of the molecule is C[C@@H]1OCC2(CCN(c3nc(N)c(Sc4cccnc4C(F)(F)F)c(=O)n3O)CC2)[C@@H]1N. The minimum atomic E-state index is -4.71. The number of hydrogen-bond acceptors (Lipinski definition) is 9. The second kappa shape index (κ2) is 8.12. The average Bonchev–Trinajstić information content (AvgIpc) is 3.02. The first-order valence-electron chi connectivity index (χ1n) is 9.97. The van der Waals surface area contributed by atoms with E-state index in [0.717, 1.165) is 6.20 Å². The molecule has 2 fully saturated rings. The standard InChI is InChI=1S/C19H23F3N6O3S/c1-10-13(23)18(9-31-10)4-7-27(8-5-18)17-26-15(24)12(16(29)28(17)30)32-11-3-2-6-25-14(11)19(20,21)22/h2-3,6,10,13,30H,4-5,7-9,23-24H2,1H3/t10-,13+/m0/s1. The van der Waals surface area contributed by atoms with Crippen LogP contribution in [0.25, 0.3) is 0 Å². The van der Waals surface area contributed by atoms with Gasteiger partial charge in [-0.1, -0.05) is 11.8 Å². The molecular formula is C19H23F3N6O3S. The van der Waals surface area contributed by atoms with Gasteiger partial charge in [0.1, 0.15) is 10.7 Å². The molecule has 174 valence electrons. The maximum absolute atomic E-state index is 13.2. The zero-order chi connectivity index (χ0) is 23.3. The maximum Gasteiger partial charge on any atom is 0.434 e. The number of rotatable bonds is 3. The molecule has 0 aliphatic carbocycles. The number of piperidine rings is 1. The highest BCUT2D eigenvalue weighted by Crippen LogP contribution is 2.42. The molecule has 2 saturated heterocycles. The van der Waals surface area contributed by atoms with E-state index in [9.17, 15) is 23.2 Å². The third kappa shape index (κ3) is 3.88. The molecule has 4 rings (SSSR count). The van der Waals surface area contributed by atoms with E-state index in [-0.39, 0.29) is 39.1 Å². The van der Waals surface area contributed by atoms with Gasteiger partial charge in [0.15, 0.2) is 5.69 Å². The molecule has 5 N–H and O–H groups in total. The summed E-state index contributed by atoms with van der Waals surface area (Å²) in [6.45, 7) is 3.41. The summed E-state index contributed by atoms with van der Waals surface area (Å²) in [6, 6.07) is 2.38. The first-order chi connectivity index (χ1) is 15.0. The molecule has 1 spiro atoms. The van der Waals surface area contributed by atoms with Crippen LogP contribution in [0.2, 0.25) is 0 Å². The minimum absolute atomic E-state index is 0.0447. The lowest BCUT2D eigenvalue weighted by atomic mass is 9.73. The lowest BCUT2D eigenvalue weighted by Crippen LogP contribution is -2.51. The summed E-state index contributed by atoms with van der Waals surface area (Å²) >= 11 is 0.465. The van der Waals surface area contributed by atoms with Crippen LogP contribution in [0.4, 0.5) is 24.9 Å². The Balaban J connectivity index is 1.59. The van der Waals surface area contributed by atoms with E-state index in [4.69, 9.17) is 16.2 Å². The Morgan fingerprint density at radius 1 is 1.34 bits per heavy atom. The van der Waals surface area contributed by atoms with Crippen molar-refractivity contribution in [2.24, 2.45) is 11.1 Å². The van der Waals surface area contributed by atoms with Crippen LogP contribution >= 0.6 is 11.8 Å². The molecule has 32 heavy (non-hydrogen) atoms. The van der Waals surface area contributed by atoms with Gasteiger partial charge in [0, 0.05) is 35.6 Å². The summed E-state index contributed by atoms with van der Waals surface area (Å²) in [7, 11) is 0. The number of nitrogen functional groups attached to an aromatic ring is 1. The smallest absolute Gasteiger partial charge is 0.422 e.